The van der Waals surface area contributed by atoms with Gasteiger partial charge in [0.1, 0.15) is 6.33 Å². The first-order valence-electron chi connectivity index (χ1n) is 4.23. The van der Waals surface area contributed by atoms with Crippen molar-refractivity contribution in [3.05, 3.63) is 42.7 Å². The van der Waals surface area contributed by atoms with Crippen LogP contribution in [0.25, 0.3) is 0 Å². The molecule has 76 valence electrons. The second kappa shape index (κ2) is 3.91. The van der Waals surface area contributed by atoms with Gasteiger partial charge in [0.05, 0.1) is 12.4 Å². The summed E-state index contributed by atoms with van der Waals surface area (Å²) in [5, 5.41) is 0. The van der Waals surface area contributed by atoms with Crippen LogP contribution in [-0.2, 0) is 0 Å². The third kappa shape index (κ3) is 2.19. The van der Waals surface area contributed by atoms with Crippen LogP contribution in [0.3, 0.4) is 0 Å². The van der Waals surface area contributed by atoms with Crippen molar-refractivity contribution >= 4 is 5.69 Å². The largest absolute Gasteiger partial charge is 0.451 e. The molecular weight excluding hydrogens is 197 g/mol. The molecule has 1 heterocycles. The highest BCUT2D eigenvalue weighted by molar-refractivity contribution is 5.43. The lowest BCUT2D eigenvalue weighted by Gasteiger charge is -2.05. The van der Waals surface area contributed by atoms with Crippen molar-refractivity contribution in [3.63, 3.8) is 0 Å². The van der Waals surface area contributed by atoms with Gasteiger partial charge in [0, 0.05) is 11.8 Å². The number of nitrogen functional groups attached to an aromatic ring is 1. The van der Waals surface area contributed by atoms with Gasteiger partial charge < -0.3 is 10.5 Å². The van der Waals surface area contributed by atoms with E-state index < -0.39 is 5.82 Å². The second-order valence-corrected chi connectivity index (χ2v) is 2.87. The summed E-state index contributed by atoms with van der Waals surface area (Å²) in [6.07, 6.45) is 4.26. The molecule has 0 fully saturated rings. The summed E-state index contributed by atoms with van der Waals surface area (Å²) in [6, 6.07) is 4.21. The highest BCUT2D eigenvalue weighted by atomic mass is 19.1. The highest BCUT2D eigenvalue weighted by Crippen LogP contribution is 2.24. The minimum absolute atomic E-state index is 0.0963. The van der Waals surface area contributed by atoms with Crippen molar-refractivity contribution in [2.75, 3.05) is 5.73 Å². The molecule has 0 spiro atoms. The van der Waals surface area contributed by atoms with Gasteiger partial charge in [-0.25, -0.2) is 14.4 Å². The number of hydrogen-bond acceptors (Lipinski definition) is 4. The number of ether oxygens (including phenoxy) is 1. The first kappa shape index (κ1) is 9.39. The molecule has 0 aliphatic rings. The van der Waals surface area contributed by atoms with Gasteiger partial charge in [0.25, 0.3) is 0 Å². The Hall–Kier alpha value is -2.17. The minimum atomic E-state index is -0.515. The van der Waals surface area contributed by atoms with Gasteiger partial charge in [-0.2, -0.15) is 0 Å². The zero-order chi connectivity index (χ0) is 10.7. The summed E-state index contributed by atoms with van der Waals surface area (Å²) in [6.45, 7) is 0. The molecule has 2 aromatic rings. The van der Waals surface area contributed by atoms with Crippen molar-refractivity contribution in [1.82, 2.24) is 9.97 Å². The van der Waals surface area contributed by atoms with Crippen LogP contribution < -0.4 is 10.5 Å². The van der Waals surface area contributed by atoms with E-state index in [0.29, 0.717) is 11.4 Å². The fourth-order valence-corrected chi connectivity index (χ4v) is 1.06. The van der Waals surface area contributed by atoms with Crippen LogP contribution >= 0.6 is 0 Å². The predicted octanol–water partition coefficient (Wildman–Crippen LogP) is 1.99. The maximum atomic E-state index is 13.3. The molecule has 0 saturated heterocycles. The van der Waals surface area contributed by atoms with Gasteiger partial charge in [0.15, 0.2) is 17.3 Å². The normalized spacial score (nSPS) is 9.93. The maximum absolute atomic E-state index is 13.3. The molecule has 1 aromatic carbocycles. The lowest BCUT2D eigenvalue weighted by atomic mass is 10.3. The van der Waals surface area contributed by atoms with E-state index in [-0.39, 0.29) is 5.75 Å². The number of aromatic nitrogens is 2. The average molecular weight is 205 g/mol. The number of halogens is 1. The summed E-state index contributed by atoms with van der Waals surface area (Å²) in [5.74, 6) is -0.0426. The Bertz CT molecular complexity index is 461. The summed E-state index contributed by atoms with van der Waals surface area (Å²) in [5.41, 5.74) is 5.75. The number of nitrogens with zero attached hydrogens (tertiary/aromatic N) is 2. The second-order valence-electron chi connectivity index (χ2n) is 2.87. The number of benzene rings is 1. The van der Waals surface area contributed by atoms with Gasteiger partial charge in [-0.05, 0) is 12.1 Å². The Labute approximate surface area is 85.5 Å². The summed E-state index contributed by atoms with van der Waals surface area (Å²) < 4.78 is 18.5. The number of hydrogen-bond donors (Lipinski definition) is 1. The fraction of sp³-hybridized carbons (Fsp3) is 0. The van der Waals surface area contributed by atoms with E-state index >= 15 is 0 Å². The van der Waals surface area contributed by atoms with Crippen LogP contribution in [0.15, 0.2) is 36.9 Å². The Morgan fingerprint density at radius 1 is 1.20 bits per heavy atom. The van der Waals surface area contributed by atoms with E-state index in [1.165, 1.54) is 30.9 Å². The zero-order valence-electron chi connectivity index (χ0n) is 7.72. The number of rotatable bonds is 2. The zero-order valence-corrected chi connectivity index (χ0v) is 7.72. The molecular formula is C10H8FN3O. The van der Waals surface area contributed by atoms with Crippen LogP contribution in [0, 0.1) is 5.82 Å². The van der Waals surface area contributed by atoms with E-state index in [1.807, 2.05) is 0 Å². The summed E-state index contributed by atoms with van der Waals surface area (Å²) >= 11 is 0. The molecule has 2 rings (SSSR count). The van der Waals surface area contributed by atoms with Crippen LogP contribution in [0.1, 0.15) is 0 Å². The molecule has 0 unspecified atom stereocenters. The van der Waals surface area contributed by atoms with Crippen molar-refractivity contribution in [3.8, 4) is 11.5 Å². The monoisotopic (exact) mass is 205 g/mol. The lowest BCUT2D eigenvalue weighted by molar-refractivity contribution is 0.439. The summed E-state index contributed by atoms with van der Waals surface area (Å²) in [4.78, 5) is 7.49. The van der Waals surface area contributed by atoms with E-state index in [9.17, 15) is 4.39 Å². The summed E-state index contributed by atoms with van der Waals surface area (Å²) in [7, 11) is 0. The van der Waals surface area contributed by atoms with Crippen molar-refractivity contribution in [2.45, 2.75) is 0 Å². The quantitative estimate of drug-likeness (QED) is 0.761. The molecule has 0 aliphatic carbocycles. The Morgan fingerprint density at radius 2 is 1.93 bits per heavy atom. The van der Waals surface area contributed by atoms with Crippen LogP contribution in [0.4, 0.5) is 10.1 Å². The van der Waals surface area contributed by atoms with E-state index in [2.05, 4.69) is 9.97 Å². The molecule has 0 amide bonds. The predicted molar refractivity (Wildman–Crippen MR) is 52.9 cm³/mol. The molecule has 0 aliphatic heterocycles. The average Bonchev–Trinajstić information content (AvgIpc) is 2.24. The van der Waals surface area contributed by atoms with E-state index in [1.54, 1.807) is 6.07 Å². The topological polar surface area (TPSA) is 61.0 Å². The maximum Gasteiger partial charge on any atom is 0.167 e. The van der Waals surface area contributed by atoms with Gasteiger partial charge >= 0.3 is 0 Å². The molecule has 4 nitrogen and oxygen atoms in total. The highest BCUT2D eigenvalue weighted by Gasteiger charge is 2.04. The first-order valence-corrected chi connectivity index (χ1v) is 4.23. The molecule has 1 aromatic heterocycles. The van der Waals surface area contributed by atoms with Crippen LogP contribution in [0.5, 0.6) is 11.5 Å². The molecule has 0 saturated carbocycles. The molecule has 15 heavy (non-hydrogen) atoms. The standard InChI is InChI=1S/C10H8FN3O/c11-9-3-7(12)1-2-10(9)15-8-4-13-6-14-5-8/h1-6H,12H2. The number of anilines is 1. The van der Waals surface area contributed by atoms with E-state index in [4.69, 9.17) is 10.5 Å². The Balaban J connectivity index is 2.25. The SMILES string of the molecule is Nc1ccc(Oc2cncnc2)c(F)c1. The molecule has 0 atom stereocenters. The van der Waals surface area contributed by atoms with Gasteiger partial charge in [-0.15, -0.1) is 0 Å². The lowest BCUT2D eigenvalue weighted by Crippen LogP contribution is -1.92. The molecule has 0 radical (unpaired) electrons. The Morgan fingerprint density at radius 3 is 2.60 bits per heavy atom. The van der Waals surface area contributed by atoms with Crippen molar-refractivity contribution in [2.24, 2.45) is 0 Å². The Kier molecular flexibility index (Phi) is 2.45. The smallest absolute Gasteiger partial charge is 0.167 e. The minimum Gasteiger partial charge on any atom is -0.451 e. The van der Waals surface area contributed by atoms with Crippen LogP contribution in [-0.4, -0.2) is 9.97 Å². The van der Waals surface area contributed by atoms with E-state index in [0.717, 1.165) is 0 Å². The van der Waals surface area contributed by atoms with Crippen LogP contribution in [0.2, 0.25) is 0 Å². The third-order valence-corrected chi connectivity index (χ3v) is 1.72. The fourth-order valence-electron chi connectivity index (χ4n) is 1.06. The third-order valence-electron chi connectivity index (χ3n) is 1.72. The molecule has 2 N–H and O–H groups in total. The van der Waals surface area contributed by atoms with Crippen molar-refractivity contribution < 1.29 is 9.13 Å². The number of nitrogens with two attached hydrogens (primary N) is 1. The van der Waals surface area contributed by atoms with Gasteiger partial charge in [-0.1, -0.05) is 0 Å². The first-order chi connectivity index (χ1) is 7.25. The van der Waals surface area contributed by atoms with Gasteiger partial charge in [-0.3, -0.25) is 0 Å². The molecule has 5 heteroatoms. The van der Waals surface area contributed by atoms with Crippen molar-refractivity contribution in [1.29, 1.82) is 0 Å². The van der Waals surface area contributed by atoms with Gasteiger partial charge in [0.2, 0.25) is 0 Å². The molecule has 0 bridgehead atoms.